The monoisotopic (exact) mass is 428 g/mol. The fourth-order valence-electron chi connectivity index (χ4n) is 4.14. The number of hydrogen-bond acceptors (Lipinski definition) is 5. The summed E-state index contributed by atoms with van der Waals surface area (Å²) in [6, 6.07) is 7.29. The minimum atomic E-state index is -0.942. The van der Waals surface area contributed by atoms with Crippen molar-refractivity contribution in [3.8, 4) is 6.07 Å². The van der Waals surface area contributed by atoms with Gasteiger partial charge in [0.15, 0.2) is 5.82 Å². The predicted molar refractivity (Wildman–Crippen MR) is 111 cm³/mol. The van der Waals surface area contributed by atoms with Gasteiger partial charge in [0.2, 0.25) is 0 Å². The smallest absolute Gasteiger partial charge is 0.407 e. The molecule has 0 spiro atoms. The maximum Gasteiger partial charge on any atom is 0.407 e. The first kappa shape index (κ1) is 22.1. The summed E-state index contributed by atoms with van der Waals surface area (Å²) < 4.78 is 14.8. The van der Waals surface area contributed by atoms with Crippen LogP contribution in [0.15, 0.2) is 30.5 Å². The Morgan fingerprint density at radius 2 is 2.13 bits per heavy atom. The van der Waals surface area contributed by atoms with Crippen molar-refractivity contribution in [1.82, 2.24) is 14.7 Å². The first-order chi connectivity index (χ1) is 14.8. The SMILES string of the molecule is CCC1CC(C(CC#N)n2cc(C(N)=O)c(Nc3ccc(F)cc3)n2)CCN1C(=O)O. The molecule has 3 rings (SSSR count). The first-order valence-electron chi connectivity index (χ1n) is 10.1. The van der Waals surface area contributed by atoms with Crippen molar-refractivity contribution in [3.05, 3.63) is 41.8 Å². The van der Waals surface area contributed by atoms with Crippen LogP contribution in [0.1, 0.15) is 49.0 Å². The number of hydrogen-bond donors (Lipinski definition) is 3. The Kier molecular flexibility index (Phi) is 6.74. The van der Waals surface area contributed by atoms with Crippen molar-refractivity contribution in [3.63, 3.8) is 0 Å². The number of amides is 2. The van der Waals surface area contributed by atoms with Gasteiger partial charge in [0.05, 0.1) is 18.5 Å². The quantitative estimate of drug-likeness (QED) is 0.617. The average Bonchev–Trinajstić information content (AvgIpc) is 3.16. The molecular weight excluding hydrogens is 403 g/mol. The Morgan fingerprint density at radius 3 is 2.71 bits per heavy atom. The number of anilines is 2. The Hall–Kier alpha value is -3.61. The fourth-order valence-corrected chi connectivity index (χ4v) is 4.14. The summed E-state index contributed by atoms with van der Waals surface area (Å²) in [5.74, 6) is -0.839. The molecule has 1 aliphatic rings. The molecule has 1 saturated heterocycles. The van der Waals surface area contributed by atoms with Crippen molar-refractivity contribution in [1.29, 1.82) is 5.26 Å². The molecule has 1 aromatic carbocycles. The summed E-state index contributed by atoms with van der Waals surface area (Å²) in [7, 11) is 0. The molecule has 0 radical (unpaired) electrons. The van der Waals surface area contributed by atoms with Crippen LogP contribution in [0.5, 0.6) is 0 Å². The number of likely N-dealkylation sites (tertiary alicyclic amines) is 1. The van der Waals surface area contributed by atoms with Gasteiger partial charge in [0, 0.05) is 24.5 Å². The lowest BCUT2D eigenvalue weighted by Gasteiger charge is -2.40. The summed E-state index contributed by atoms with van der Waals surface area (Å²) in [6.45, 7) is 2.32. The van der Waals surface area contributed by atoms with Gasteiger partial charge in [-0.15, -0.1) is 0 Å². The molecule has 2 amide bonds. The third kappa shape index (κ3) is 4.94. The van der Waals surface area contributed by atoms with E-state index in [1.54, 1.807) is 4.68 Å². The summed E-state index contributed by atoms with van der Waals surface area (Å²) >= 11 is 0. The number of aromatic nitrogens is 2. The second-order valence-electron chi connectivity index (χ2n) is 7.62. The number of benzene rings is 1. The van der Waals surface area contributed by atoms with E-state index in [1.807, 2.05) is 6.92 Å². The number of nitrogens with two attached hydrogens (primary N) is 1. The number of nitrogens with one attached hydrogen (secondary N) is 1. The third-order valence-electron chi connectivity index (χ3n) is 5.76. The number of rotatable bonds is 7. The molecular formula is C21H25FN6O3. The summed E-state index contributed by atoms with van der Waals surface area (Å²) in [6.07, 6.45) is 2.59. The van der Waals surface area contributed by atoms with Crippen molar-refractivity contribution in [2.45, 2.75) is 44.7 Å². The lowest BCUT2D eigenvalue weighted by atomic mass is 9.83. The van der Waals surface area contributed by atoms with Gasteiger partial charge in [0.25, 0.3) is 5.91 Å². The zero-order valence-corrected chi connectivity index (χ0v) is 17.2. The maximum atomic E-state index is 13.2. The normalized spacial score (nSPS) is 19.5. The highest BCUT2D eigenvalue weighted by molar-refractivity contribution is 5.98. The molecule has 31 heavy (non-hydrogen) atoms. The van der Waals surface area contributed by atoms with E-state index in [0.29, 0.717) is 31.5 Å². The molecule has 1 fully saturated rings. The van der Waals surface area contributed by atoms with Crippen molar-refractivity contribution in [2.75, 3.05) is 11.9 Å². The molecule has 0 bridgehead atoms. The van der Waals surface area contributed by atoms with E-state index in [4.69, 9.17) is 5.73 Å². The van der Waals surface area contributed by atoms with Gasteiger partial charge >= 0.3 is 6.09 Å². The number of carbonyl (C=O) groups excluding carboxylic acids is 1. The lowest BCUT2D eigenvalue weighted by Crippen LogP contribution is -2.46. The zero-order chi connectivity index (χ0) is 22.5. The van der Waals surface area contributed by atoms with Gasteiger partial charge in [0.1, 0.15) is 11.4 Å². The molecule has 10 heteroatoms. The van der Waals surface area contributed by atoms with E-state index in [1.165, 1.54) is 35.4 Å². The number of piperidine rings is 1. The van der Waals surface area contributed by atoms with E-state index >= 15 is 0 Å². The van der Waals surface area contributed by atoms with E-state index < -0.39 is 17.8 Å². The van der Waals surface area contributed by atoms with Gasteiger partial charge < -0.3 is 21.1 Å². The highest BCUT2D eigenvalue weighted by Gasteiger charge is 2.35. The number of halogens is 1. The van der Waals surface area contributed by atoms with Crippen LogP contribution in [0.4, 0.5) is 20.7 Å². The number of primary amides is 1. The van der Waals surface area contributed by atoms with Crippen molar-refractivity contribution < 1.29 is 19.1 Å². The zero-order valence-electron chi connectivity index (χ0n) is 17.2. The number of carbonyl (C=O) groups is 2. The van der Waals surface area contributed by atoms with E-state index in [0.717, 1.165) is 0 Å². The highest BCUT2D eigenvalue weighted by Crippen LogP contribution is 2.35. The van der Waals surface area contributed by atoms with Crippen molar-refractivity contribution >= 4 is 23.5 Å². The molecule has 2 heterocycles. The van der Waals surface area contributed by atoms with E-state index in [2.05, 4.69) is 16.5 Å². The third-order valence-corrected chi connectivity index (χ3v) is 5.76. The first-order valence-corrected chi connectivity index (χ1v) is 10.1. The average molecular weight is 428 g/mol. The Bertz CT molecular complexity index is 984. The van der Waals surface area contributed by atoms with E-state index in [-0.39, 0.29) is 35.8 Å². The molecule has 164 valence electrons. The Labute approximate surface area is 179 Å². The molecule has 9 nitrogen and oxygen atoms in total. The number of carboxylic acid groups (broad SMARTS) is 1. The van der Waals surface area contributed by atoms with Gasteiger partial charge in [-0.05, 0) is 49.4 Å². The Balaban J connectivity index is 1.89. The van der Waals surface area contributed by atoms with Crippen molar-refractivity contribution in [2.24, 2.45) is 11.7 Å². The minimum absolute atomic E-state index is 0.0134. The standard InChI is InChI=1S/C21H25FN6O3/c1-2-16-11-13(8-10-27(16)21(30)31)18(7-9-23)28-12-17(19(24)29)20(26-28)25-15-5-3-14(22)4-6-15/h3-6,12-13,16,18H,2,7-8,10-11H2,1H3,(H2,24,29)(H,25,26)(H,30,31). The molecule has 1 aromatic heterocycles. The van der Waals surface area contributed by atoms with Gasteiger partial charge in [-0.1, -0.05) is 6.92 Å². The largest absolute Gasteiger partial charge is 0.465 e. The predicted octanol–water partition coefficient (Wildman–Crippen LogP) is 3.49. The van der Waals surface area contributed by atoms with Gasteiger partial charge in [-0.25, -0.2) is 9.18 Å². The maximum absolute atomic E-state index is 13.2. The molecule has 4 N–H and O–H groups in total. The van der Waals surface area contributed by atoms with Crippen LogP contribution in [0.2, 0.25) is 0 Å². The molecule has 3 unspecified atom stereocenters. The molecule has 0 saturated carbocycles. The van der Waals surface area contributed by atoms with Crippen LogP contribution in [-0.2, 0) is 0 Å². The molecule has 0 aliphatic carbocycles. The summed E-state index contributed by atoms with van der Waals surface area (Å²) in [5, 5.41) is 26.3. The van der Waals surface area contributed by atoms with Crippen LogP contribution in [0.25, 0.3) is 0 Å². The van der Waals surface area contributed by atoms with Crippen LogP contribution in [-0.4, -0.2) is 44.4 Å². The van der Waals surface area contributed by atoms with Crippen LogP contribution < -0.4 is 11.1 Å². The van der Waals surface area contributed by atoms with Crippen LogP contribution in [0, 0.1) is 23.1 Å². The minimum Gasteiger partial charge on any atom is -0.465 e. The summed E-state index contributed by atoms with van der Waals surface area (Å²) in [4.78, 5) is 24.9. The summed E-state index contributed by atoms with van der Waals surface area (Å²) in [5.41, 5.74) is 6.21. The molecule has 2 aromatic rings. The van der Waals surface area contributed by atoms with Crippen LogP contribution >= 0.6 is 0 Å². The molecule has 3 atom stereocenters. The van der Waals surface area contributed by atoms with E-state index in [9.17, 15) is 24.3 Å². The number of nitriles is 1. The number of nitrogens with zero attached hydrogens (tertiary/aromatic N) is 4. The van der Waals surface area contributed by atoms with Gasteiger partial charge in [-0.3, -0.25) is 9.48 Å². The van der Waals surface area contributed by atoms with Gasteiger partial charge in [-0.2, -0.15) is 10.4 Å². The Morgan fingerprint density at radius 1 is 1.42 bits per heavy atom. The fraction of sp³-hybridized carbons (Fsp3) is 0.429. The second kappa shape index (κ2) is 9.47. The second-order valence-corrected chi connectivity index (χ2v) is 7.62. The topological polar surface area (TPSA) is 137 Å². The highest BCUT2D eigenvalue weighted by atomic mass is 19.1. The lowest BCUT2D eigenvalue weighted by molar-refractivity contribution is 0.0734. The molecule has 1 aliphatic heterocycles. The van der Waals surface area contributed by atoms with Crippen LogP contribution in [0.3, 0.4) is 0 Å².